The van der Waals surface area contributed by atoms with Gasteiger partial charge in [-0.15, -0.1) is 0 Å². The molecule has 0 amide bonds. The zero-order valence-corrected chi connectivity index (χ0v) is 19.1. The van der Waals surface area contributed by atoms with Crippen LogP contribution in [0.1, 0.15) is 80.1 Å². The molecule has 28 heavy (non-hydrogen) atoms. The highest BCUT2D eigenvalue weighted by Gasteiger charge is 2.63. The van der Waals surface area contributed by atoms with E-state index < -0.39 is 0 Å². The van der Waals surface area contributed by atoms with Gasteiger partial charge in [-0.25, -0.2) is 0 Å². The first kappa shape index (κ1) is 20.8. The van der Waals surface area contributed by atoms with Crippen LogP contribution in [0.15, 0.2) is 0 Å². The Hall–Kier alpha value is -0.450. The number of hydrogen-bond donors (Lipinski definition) is 2. The molecule has 4 aliphatic rings. The monoisotopic (exact) mass is 389 g/mol. The van der Waals surface area contributed by atoms with E-state index in [4.69, 9.17) is 0 Å². The molecule has 4 heteroatoms. The third-order valence-electron chi connectivity index (χ3n) is 8.16. The number of Topliss-reactive ketones (excluding diaryl/α,β-unsaturated/α-hetero) is 1. The van der Waals surface area contributed by atoms with Crippen LogP contribution in [0, 0.1) is 29.1 Å². The second-order valence-corrected chi connectivity index (χ2v) is 12.1. The van der Waals surface area contributed by atoms with Crippen LogP contribution in [-0.4, -0.2) is 47.6 Å². The molecule has 160 valence electrons. The van der Waals surface area contributed by atoms with Crippen LogP contribution in [0.25, 0.3) is 0 Å². The third kappa shape index (κ3) is 3.48. The Balaban J connectivity index is 1.78. The van der Waals surface area contributed by atoms with Crippen molar-refractivity contribution in [3.05, 3.63) is 0 Å². The number of rotatable bonds is 2. The smallest absolute Gasteiger partial charge is 0.155 e. The van der Waals surface area contributed by atoms with Crippen molar-refractivity contribution in [3.8, 4) is 0 Å². The second-order valence-electron chi connectivity index (χ2n) is 12.1. The Bertz CT molecular complexity index is 584. The van der Waals surface area contributed by atoms with Gasteiger partial charge < -0.3 is 5.32 Å². The van der Waals surface area contributed by atoms with Crippen molar-refractivity contribution < 1.29 is 4.79 Å². The van der Waals surface area contributed by atoms with Crippen molar-refractivity contribution in [2.45, 2.75) is 104 Å². The molecule has 0 spiro atoms. The van der Waals surface area contributed by atoms with Gasteiger partial charge in [0.1, 0.15) is 0 Å². The van der Waals surface area contributed by atoms with Crippen LogP contribution in [0.5, 0.6) is 0 Å². The van der Waals surface area contributed by atoms with Gasteiger partial charge in [-0.3, -0.25) is 15.0 Å². The number of fused-ring (bicyclic) bond motifs is 3. The van der Waals surface area contributed by atoms with Crippen LogP contribution in [0.4, 0.5) is 0 Å². The molecule has 0 bridgehead atoms. The molecule has 3 saturated heterocycles. The van der Waals surface area contributed by atoms with Crippen molar-refractivity contribution in [2.24, 2.45) is 29.1 Å². The first-order valence-corrected chi connectivity index (χ1v) is 11.9. The Labute approximate surface area is 172 Å². The average Bonchev–Trinajstić information content (AvgIpc) is 3.14. The molecule has 6 atom stereocenters. The van der Waals surface area contributed by atoms with E-state index in [9.17, 15) is 4.79 Å². The molecule has 3 heterocycles. The van der Waals surface area contributed by atoms with Gasteiger partial charge in [0.15, 0.2) is 5.78 Å². The van der Waals surface area contributed by atoms with Crippen LogP contribution < -0.4 is 10.6 Å². The van der Waals surface area contributed by atoms with E-state index >= 15 is 0 Å². The summed E-state index contributed by atoms with van der Waals surface area (Å²) in [6.07, 6.45) is 8.32. The summed E-state index contributed by atoms with van der Waals surface area (Å²) in [6.45, 7) is 15.6. The summed E-state index contributed by atoms with van der Waals surface area (Å²) in [5.41, 5.74) is -0.296. The van der Waals surface area contributed by atoms with Crippen molar-refractivity contribution in [1.82, 2.24) is 15.5 Å². The standard InChI is InChI=1S/C24H43N3O/c1-23(2,3)21(28)20-18(15-10-8-7-9-11-15)19-16-14-25-13-12-17(16)26-22(19)27(20)24(4,5)6/h15-20,22,25-26H,7-14H2,1-6H3. The average molecular weight is 390 g/mol. The molecule has 0 aromatic heterocycles. The largest absolute Gasteiger partial charge is 0.316 e. The molecule has 2 N–H and O–H groups in total. The Kier molecular flexibility index (Phi) is 5.46. The zero-order chi connectivity index (χ0) is 20.3. The fraction of sp³-hybridized carbons (Fsp3) is 0.958. The number of nitrogens with zero attached hydrogens (tertiary/aromatic N) is 1. The number of ketones is 1. The topological polar surface area (TPSA) is 44.4 Å². The minimum Gasteiger partial charge on any atom is -0.316 e. The van der Waals surface area contributed by atoms with Gasteiger partial charge in [-0.2, -0.15) is 0 Å². The summed E-state index contributed by atoms with van der Waals surface area (Å²) in [5, 5.41) is 7.73. The second kappa shape index (κ2) is 7.35. The Morgan fingerprint density at radius 3 is 2.21 bits per heavy atom. The Morgan fingerprint density at radius 1 is 0.929 bits per heavy atom. The van der Waals surface area contributed by atoms with E-state index in [2.05, 4.69) is 57.1 Å². The van der Waals surface area contributed by atoms with E-state index in [-0.39, 0.29) is 17.0 Å². The molecule has 0 aromatic rings. The lowest BCUT2D eigenvalue weighted by Crippen LogP contribution is -2.59. The van der Waals surface area contributed by atoms with Crippen LogP contribution in [0.3, 0.4) is 0 Å². The minimum absolute atomic E-state index is 0.00810. The summed E-state index contributed by atoms with van der Waals surface area (Å²) >= 11 is 0. The molecule has 1 saturated carbocycles. The number of likely N-dealkylation sites (tertiary alicyclic amines) is 1. The van der Waals surface area contributed by atoms with Crippen LogP contribution >= 0.6 is 0 Å². The van der Waals surface area contributed by atoms with Crippen LogP contribution in [0.2, 0.25) is 0 Å². The predicted molar refractivity (Wildman–Crippen MR) is 115 cm³/mol. The van der Waals surface area contributed by atoms with Gasteiger partial charge in [-0.05, 0) is 64.0 Å². The summed E-state index contributed by atoms with van der Waals surface area (Å²) < 4.78 is 0. The maximum Gasteiger partial charge on any atom is 0.155 e. The fourth-order valence-corrected chi connectivity index (χ4v) is 7.06. The van der Waals surface area contributed by atoms with Crippen LogP contribution in [-0.2, 0) is 4.79 Å². The molecular formula is C24H43N3O. The normalized spacial score (nSPS) is 40.4. The van der Waals surface area contributed by atoms with Gasteiger partial charge in [-0.1, -0.05) is 52.9 Å². The zero-order valence-electron chi connectivity index (χ0n) is 19.1. The van der Waals surface area contributed by atoms with Crippen molar-refractivity contribution >= 4 is 5.78 Å². The van der Waals surface area contributed by atoms with E-state index in [0.29, 0.717) is 41.7 Å². The molecule has 1 aliphatic carbocycles. The third-order valence-corrected chi connectivity index (χ3v) is 8.16. The molecule has 0 radical (unpaired) electrons. The highest BCUT2D eigenvalue weighted by atomic mass is 16.1. The number of nitrogens with one attached hydrogen (secondary N) is 2. The van der Waals surface area contributed by atoms with Crippen molar-refractivity contribution in [1.29, 1.82) is 0 Å². The molecule has 4 fully saturated rings. The van der Waals surface area contributed by atoms with Crippen molar-refractivity contribution in [3.63, 3.8) is 0 Å². The Morgan fingerprint density at radius 2 is 1.61 bits per heavy atom. The van der Waals surface area contributed by atoms with E-state index in [1.165, 1.54) is 38.5 Å². The first-order chi connectivity index (χ1) is 13.1. The van der Waals surface area contributed by atoms with Gasteiger partial charge in [0.05, 0.1) is 12.2 Å². The van der Waals surface area contributed by atoms with Gasteiger partial charge in [0, 0.05) is 17.0 Å². The lowest BCUT2D eigenvalue weighted by Gasteiger charge is -2.45. The molecular weight excluding hydrogens is 346 g/mol. The van der Waals surface area contributed by atoms with E-state index in [1.54, 1.807) is 0 Å². The van der Waals surface area contributed by atoms with E-state index in [0.717, 1.165) is 13.1 Å². The molecule has 6 unspecified atom stereocenters. The highest BCUT2D eigenvalue weighted by Crippen LogP contribution is 2.54. The molecule has 4 nitrogen and oxygen atoms in total. The minimum atomic E-state index is -0.288. The number of carbonyl (C=O) groups excluding carboxylic acids is 1. The van der Waals surface area contributed by atoms with Gasteiger partial charge in [0.2, 0.25) is 0 Å². The van der Waals surface area contributed by atoms with Gasteiger partial charge >= 0.3 is 0 Å². The van der Waals surface area contributed by atoms with Crippen molar-refractivity contribution in [2.75, 3.05) is 13.1 Å². The van der Waals surface area contributed by atoms with E-state index in [1.807, 2.05) is 0 Å². The summed E-state index contributed by atoms with van der Waals surface area (Å²) in [4.78, 5) is 16.5. The first-order valence-electron chi connectivity index (χ1n) is 11.9. The molecule has 4 rings (SSSR count). The lowest BCUT2D eigenvalue weighted by molar-refractivity contribution is -0.136. The SMILES string of the molecule is CC(C)(C)C(=O)C1C(C2CCCCC2)C2C3CNCCC3NC2N1C(C)(C)C. The quantitative estimate of drug-likeness (QED) is 0.754. The number of hydrogen-bond acceptors (Lipinski definition) is 4. The molecule has 0 aromatic carbocycles. The summed E-state index contributed by atoms with van der Waals surface area (Å²) in [5.74, 6) is 2.98. The predicted octanol–water partition coefficient (Wildman–Crippen LogP) is 3.80. The molecule has 3 aliphatic heterocycles. The lowest BCUT2D eigenvalue weighted by atomic mass is 9.66. The maximum atomic E-state index is 13.9. The van der Waals surface area contributed by atoms with Gasteiger partial charge in [0.25, 0.3) is 0 Å². The maximum absolute atomic E-state index is 13.9. The highest BCUT2D eigenvalue weighted by molar-refractivity contribution is 5.89. The number of carbonyl (C=O) groups is 1. The summed E-state index contributed by atoms with van der Waals surface area (Å²) in [6, 6.07) is 0.686. The summed E-state index contributed by atoms with van der Waals surface area (Å²) in [7, 11) is 0. The fourth-order valence-electron chi connectivity index (χ4n) is 7.06. The number of piperidine rings is 1.